The highest BCUT2D eigenvalue weighted by atomic mass is 19.1. The van der Waals surface area contributed by atoms with Crippen LogP contribution in [0.4, 0.5) is 10.1 Å². The number of nitrogens with zero attached hydrogens (tertiary/aromatic N) is 3. The van der Waals surface area contributed by atoms with Crippen molar-refractivity contribution < 1.29 is 9.18 Å². The third-order valence-corrected chi connectivity index (χ3v) is 3.89. The third-order valence-electron chi connectivity index (χ3n) is 3.89. The van der Waals surface area contributed by atoms with Crippen molar-refractivity contribution in [3.8, 4) is 0 Å². The van der Waals surface area contributed by atoms with E-state index in [9.17, 15) is 18.8 Å². The van der Waals surface area contributed by atoms with Crippen LogP contribution in [-0.4, -0.2) is 20.0 Å². The van der Waals surface area contributed by atoms with Crippen LogP contribution in [0.1, 0.15) is 5.56 Å². The van der Waals surface area contributed by atoms with Gasteiger partial charge in [0.2, 0.25) is 5.91 Å². The molecular weight excluding hydrogens is 327 g/mol. The number of rotatable bonds is 3. The van der Waals surface area contributed by atoms with Crippen molar-refractivity contribution in [1.29, 1.82) is 0 Å². The number of carbonyl (C=O) groups excluding carboxylic acids is 1. The highest BCUT2D eigenvalue weighted by molar-refractivity contribution is 5.93. The molecule has 3 rings (SSSR count). The lowest BCUT2D eigenvalue weighted by Crippen LogP contribution is -2.37. The summed E-state index contributed by atoms with van der Waals surface area (Å²) in [7, 11) is 2.88. The van der Waals surface area contributed by atoms with Gasteiger partial charge in [0.25, 0.3) is 5.56 Å². The number of aromatic nitrogens is 3. The summed E-state index contributed by atoms with van der Waals surface area (Å²) >= 11 is 0. The van der Waals surface area contributed by atoms with Crippen molar-refractivity contribution in [1.82, 2.24) is 14.1 Å². The van der Waals surface area contributed by atoms with Gasteiger partial charge in [-0.25, -0.2) is 14.2 Å². The largest absolute Gasteiger partial charge is 0.332 e. The Balaban J connectivity index is 1.92. The van der Waals surface area contributed by atoms with Gasteiger partial charge in [-0.05, 0) is 17.7 Å². The smallest absolute Gasteiger partial charge is 0.324 e. The van der Waals surface area contributed by atoms with E-state index in [1.54, 1.807) is 12.1 Å². The molecule has 1 aromatic carbocycles. The van der Waals surface area contributed by atoms with E-state index >= 15 is 0 Å². The van der Waals surface area contributed by atoms with Crippen molar-refractivity contribution in [2.75, 3.05) is 5.32 Å². The fourth-order valence-corrected chi connectivity index (χ4v) is 2.55. The second-order valence-electron chi connectivity index (χ2n) is 5.62. The van der Waals surface area contributed by atoms with Gasteiger partial charge in [-0.2, -0.15) is 0 Å². The molecule has 0 saturated heterocycles. The molecule has 2 heterocycles. The molecule has 0 radical (unpaired) electrons. The second-order valence-corrected chi connectivity index (χ2v) is 5.62. The van der Waals surface area contributed by atoms with Crippen LogP contribution in [0.3, 0.4) is 0 Å². The first kappa shape index (κ1) is 16.6. The summed E-state index contributed by atoms with van der Waals surface area (Å²) in [6.07, 6.45) is 1.20. The maximum absolute atomic E-state index is 13.6. The average molecular weight is 342 g/mol. The number of amides is 1. The molecule has 7 nitrogen and oxygen atoms in total. The molecule has 128 valence electrons. The third kappa shape index (κ3) is 3.06. The fraction of sp³-hybridized carbons (Fsp3) is 0.176. The molecule has 25 heavy (non-hydrogen) atoms. The number of anilines is 1. The quantitative estimate of drug-likeness (QED) is 0.768. The van der Waals surface area contributed by atoms with E-state index in [0.717, 1.165) is 4.57 Å². The first-order valence-corrected chi connectivity index (χ1v) is 7.47. The molecule has 0 spiro atoms. The molecule has 0 aliphatic carbocycles. The van der Waals surface area contributed by atoms with Crippen molar-refractivity contribution in [2.45, 2.75) is 6.42 Å². The van der Waals surface area contributed by atoms with Crippen LogP contribution in [0, 0.1) is 5.82 Å². The van der Waals surface area contributed by atoms with Crippen LogP contribution in [0.2, 0.25) is 0 Å². The van der Waals surface area contributed by atoms with E-state index in [-0.39, 0.29) is 23.0 Å². The van der Waals surface area contributed by atoms with Crippen molar-refractivity contribution in [3.63, 3.8) is 0 Å². The van der Waals surface area contributed by atoms with Crippen molar-refractivity contribution in [3.05, 3.63) is 68.7 Å². The predicted octanol–water partition coefficient (Wildman–Crippen LogP) is 0.952. The van der Waals surface area contributed by atoms with Crippen LogP contribution < -0.4 is 16.6 Å². The van der Waals surface area contributed by atoms with Crippen LogP contribution in [0.25, 0.3) is 11.0 Å². The minimum atomic E-state index is -0.504. The molecule has 0 aliphatic heterocycles. The maximum atomic E-state index is 13.6. The fourth-order valence-electron chi connectivity index (χ4n) is 2.55. The molecule has 0 bridgehead atoms. The van der Waals surface area contributed by atoms with Crippen LogP contribution in [0.15, 0.2) is 46.1 Å². The van der Waals surface area contributed by atoms with E-state index in [1.807, 2.05) is 0 Å². The van der Waals surface area contributed by atoms with Crippen molar-refractivity contribution in [2.24, 2.45) is 14.1 Å². The zero-order valence-electron chi connectivity index (χ0n) is 13.6. The Morgan fingerprint density at radius 3 is 2.64 bits per heavy atom. The number of fused-ring (bicyclic) bond motifs is 1. The summed E-state index contributed by atoms with van der Waals surface area (Å²) in [4.78, 5) is 40.3. The van der Waals surface area contributed by atoms with Gasteiger partial charge in [0.05, 0.1) is 23.7 Å². The summed E-state index contributed by atoms with van der Waals surface area (Å²) in [5.74, 6) is -0.897. The monoisotopic (exact) mass is 342 g/mol. The van der Waals surface area contributed by atoms with Crippen molar-refractivity contribution >= 4 is 22.6 Å². The number of nitrogens with one attached hydrogen (secondary N) is 1. The molecule has 0 aliphatic rings. The topological polar surface area (TPSA) is 86.0 Å². The number of carbonyl (C=O) groups is 1. The lowest BCUT2D eigenvalue weighted by Gasteiger charge is -2.09. The van der Waals surface area contributed by atoms with Gasteiger partial charge in [0, 0.05) is 14.1 Å². The maximum Gasteiger partial charge on any atom is 0.332 e. The van der Waals surface area contributed by atoms with Gasteiger partial charge in [-0.1, -0.05) is 18.2 Å². The van der Waals surface area contributed by atoms with E-state index in [0.29, 0.717) is 5.69 Å². The molecule has 8 heteroatoms. The minimum absolute atomic E-state index is 0.143. The Bertz CT molecular complexity index is 1100. The molecule has 3 aromatic rings. The van der Waals surface area contributed by atoms with E-state index in [1.165, 1.54) is 43.1 Å². The van der Waals surface area contributed by atoms with Gasteiger partial charge in [-0.15, -0.1) is 0 Å². The summed E-state index contributed by atoms with van der Waals surface area (Å²) in [6.45, 7) is 0. The van der Waals surface area contributed by atoms with E-state index in [2.05, 4.69) is 10.3 Å². The SMILES string of the molecule is Cn1c(=O)c2cc(NC(=O)Cc3ccccc3F)cnc2n(C)c1=O. The second kappa shape index (κ2) is 6.31. The number of hydrogen-bond donors (Lipinski definition) is 1. The van der Waals surface area contributed by atoms with Gasteiger partial charge in [0.15, 0.2) is 0 Å². The Morgan fingerprint density at radius 2 is 1.92 bits per heavy atom. The van der Waals surface area contributed by atoms with Crippen LogP contribution >= 0.6 is 0 Å². The van der Waals surface area contributed by atoms with Gasteiger partial charge in [0.1, 0.15) is 11.5 Å². The minimum Gasteiger partial charge on any atom is -0.324 e. The Labute approximate surface area is 141 Å². The van der Waals surface area contributed by atoms with Crippen LogP contribution in [-0.2, 0) is 25.3 Å². The first-order valence-electron chi connectivity index (χ1n) is 7.47. The van der Waals surface area contributed by atoms with Gasteiger partial charge < -0.3 is 5.32 Å². The Morgan fingerprint density at radius 1 is 1.20 bits per heavy atom. The van der Waals surface area contributed by atoms with Gasteiger partial charge in [-0.3, -0.25) is 18.7 Å². The molecule has 0 saturated carbocycles. The number of pyridine rings is 1. The zero-order chi connectivity index (χ0) is 18.1. The predicted molar refractivity (Wildman–Crippen MR) is 91.0 cm³/mol. The Kier molecular flexibility index (Phi) is 4.18. The highest BCUT2D eigenvalue weighted by Crippen LogP contribution is 2.13. The Hall–Kier alpha value is -3.29. The van der Waals surface area contributed by atoms with Crippen LogP contribution in [0.5, 0.6) is 0 Å². The zero-order valence-corrected chi connectivity index (χ0v) is 13.6. The average Bonchev–Trinajstić information content (AvgIpc) is 2.60. The lowest BCUT2D eigenvalue weighted by molar-refractivity contribution is -0.115. The molecular formula is C17H15FN4O3. The van der Waals surface area contributed by atoms with Gasteiger partial charge >= 0.3 is 5.69 Å². The molecule has 0 unspecified atom stereocenters. The normalized spacial score (nSPS) is 10.8. The summed E-state index contributed by atoms with van der Waals surface area (Å²) in [6, 6.07) is 7.45. The molecule has 0 atom stereocenters. The number of benzene rings is 1. The summed E-state index contributed by atoms with van der Waals surface area (Å²) < 4.78 is 15.8. The van der Waals surface area contributed by atoms with E-state index in [4.69, 9.17) is 0 Å². The summed E-state index contributed by atoms with van der Waals surface area (Å²) in [5, 5.41) is 2.79. The number of halogens is 1. The molecule has 0 fully saturated rings. The number of aryl methyl sites for hydroxylation is 1. The molecule has 1 N–H and O–H groups in total. The summed E-state index contributed by atoms with van der Waals surface area (Å²) in [5.41, 5.74) is -0.200. The first-order chi connectivity index (χ1) is 11.9. The standard InChI is InChI=1S/C17H15FN4O3/c1-21-15-12(16(24)22(2)17(21)25)8-11(9-19-15)20-14(23)7-10-5-3-4-6-13(10)18/h3-6,8-9H,7H2,1-2H3,(H,20,23). The lowest BCUT2D eigenvalue weighted by atomic mass is 10.1. The molecule has 2 aromatic heterocycles. The highest BCUT2D eigenvalue weighted by Gasteiger charge is 2.12. The number of hydrogen-bond acceptors (Lipinski definition) is 4. The molecule has 1 amide bonds. The van der Waals surface area contributed by atoms with E-state index < -0.39 is 23.0 Å².